The van der Waals surface area contributed by atoms with Crippen LogP contribution in [-0.4, -0.2) is 28.1 Å². The quantitative estimate of drug-likeness (QED) is 0.873. The van der Waals surface area contributed by atoms with Crippen molar-refractivity contribution in [2.24, 2.45) is 0 Å². The number of H-pyrrole nitrogens is 1. The Morgan fingerprint density at radius 1 is 1.37 bits per heavy atom. The van der Waals surface area contributed by atoms with Crippen LogP contribution in [-0.2, 0) is 13.0 Å². The second-order valence-electron chi connectivity index (χ2n) is 6.30. The topological polar surface area (TPSA) is 19.0 Å². The molecule has 0 fully saturated rings. The summed E-state index contributed by atoms with van der Waals surface area (Å²) in [5.41, 5.74) is 2.72. The second-order valence-corrected chi connectivity index (χ2v) is 6.30. The fraction of sp³-hybridized carbons (Fsp3) is 0.500. The van der Waals surface area contributed by atoms with Gasteiger partial charge in [0.2, 0.25) is 0 Å². The van der Waals surface area contributed by atoms with E-state index in [2.05, 4.69) is 41.1 Å². The Balaban J connectivity index is 1.97. The highest BCUT2D eigenvalue weighted by molar-refractivity contribution is 5.84. The number of hydrogen-bond donors (Lipinski definition) is 1. The average molecular weight is 260 g/mol. The van der Waals surface area contributed by atoms with E-state index in [1.54, 1.807) is 13.8 Å². The Hall–Kier alpha value is -1.35. The molecular weight excluding hydrogens is 239 g/mol. The lowest BCUT2D eigenvalue weighted by Crippen LogP contribution is -2.44. The summed E-state index contributed by atoms with van der Waals surface area (Å²) in [5, 5.41) is 1.28. The van der Waals surface area contributed by atoms with Crippen LogP contribution in [0, 0.1) is 0 Å². The van der Waals surface area contributed by atoms with Gasteiger partial charge in [0.05, 0.1) is 0 Å². The van der Waals surface area contributed by atoms with E-state index in [0.717, 1.165) is 13.0 Å². The van der Waals surface area contributed by atoms with Gasteiger partial charge in [-0.1, -0.05) is 18.2 Å². The molecule has 2 heterocycles. The van der Waals surface area contributed by atoms with Crippen LogP contribution < -0.4 is 0 Å². The highest BCUT2D eigenvalue weighted by Crippen LogP contribution is 2.31. The van der Waals surface area contributed by atoms with Gasteiger partial charge in [-0.2, -0.15) is 0 Å². The largest absolute Gasteiger partial charge is 0.358 e. The molecule has 1 aromatic heterocycles. The van der Waals surface area contributed by atoms with Crippen LogP contribution in [0.2, 0.25) is 0 Å². The van der Waals surface area contributed by atoms with E-state index in [9.17, 15) is 4.39 Å². The minimum atomic E-state index is -1.14. The van der Waals surface area contributed by atoms with Gasteiger partial charge in [0.25, 0.3) is 0 Å². The lowest BCUT2D eigenvalue weighted by molar-refractivity contribution is 0.0860. The van der Waals surface area contributed by atoms with Crippen LogP contribution in [0.4, 0.5) is 4.39 Å². The summed E-state index contributed by atoms with van der Waals surface area (Å²) in [6, 6.07) is 8.77. The summed E-state index contributed by atoms with van der Waals surface area (Å²) in [4.78, 5) is 5.76. The number of benzene rings is 1. The number of rotatable bonds is 2. The number of halogens is 1. The van der Waals surface area contributed by atoms with Crippen LogP contribution in [0.25, 0.3) is 10.9 Å². The summed E-state index contributed by atoms with van der Waals surface area (Å²) in [7, 11) is 0. The van der Waals surface area contributed by atoms with Gasteiger partial charge in [-0.15, -0.1) is 0 Å². The van der Waals surface area contributed by atoms with Gasteiger partial charge < -0.3 is 4.98 Å². The molecule has 1 aliphatic heterocycles. The Bertz CT molecular complexity index is 594. The molecule has 2 aromatic rings. The molecule has 3 rings (SSSR count). The zero-order valence-corrected chi connectivity index (χ0v) is 11.8. The van der Waals surface area contributed by atoms with Gasteiger partial charge in [0.15, 0.2) is 0 Å². The smallest absolute Gasteiger partial charge is 0.118 e. The van der Waals surface area contributed by atoms with Crippen molar-refractivity contribution < 1.29 is 4.39 Å². The third kappa shape index (κ3) is 2.39. The van der Waals surface area contributed by atoms with Crippen molar-refractivity contribution in [3.05, 3.63) is 35.5 Å². The molecule has 0 amide bonds. The first-order valence-corrected chi connectivity index (χ1v) is 6.95. The normalized spacial score (nSPS) is 20.7. The van der Waals surface area contributed by atoms with Gasteiger partial charge in [0.1, 0.15) is 5.67 Å². The number of para-hydroxylation sites is 1. The maximum atomic E-state index is 13.9. The number of hydrogen-bond acceptors (Lipinski definition) is 1. The number of fused-ring (bicyclic) bond motifs is 3. The van der Waals surface area contributed by atoms with Gasteiger partial charge in [0, 0.05) is 42.1 Å². The average Bonchev–Trinajstić information content (AvgIpc) is 2.65. The molecule has 0 radical (unpaired) electrons. The van der Waals surface area contributed by atoms with Crippen molar-refractivity contribution in [1.82, 2.24) is 9.88 Å². The van der Waals surface area contributed by atoms with E-state index < -0.39 is 5.67 Å². The van der Waals surface area contributed by atoms with Crippen LogP contribution in [0.5, 0.6) is 0 Å². The lowest BCUT2D eigenvalue weighted by Gasteiger charge is -2.36. The fourth-order valence-electron chi connectivity index (χ4n) is 3.09. The van der Waals surface area contributed by atoms with Crippen molar-refractivity contribution in [1.29, 1.82) is 0 Å². The molecule has 0 saturated heterocycles. The van der Waals surface area contributed by atoms with E-state index in [-0.39, 0.29) is 0 Å². The van der Waals surface area contributed by atoms with Crippen LogP contribution in [0.15, 0.2) is 24.3 Å². The maximum Gasteiger partial charge on any atom is 0.118 e. The van der Waals surface area contributed by atoms with Gasteiger partial charge in [-0.3, -0.25) is 4.90 Å². The van der Waals surface area contributed by atoms with Crippen LogP contribution >= 0.6 is 0 Å². The minimum absolute atomic E-state index is 0.385. The third-order valence-electron chi connectivity index (χ3n) is 3.97. The fourth-order valence-corrected chi connectivity index (χ4v) is 3.09. The van der Waals surface area contributed by atoms with Gasteiger partial charge in [-0.05, 0) is 32.4 Å². The molecule has 1 N–H and O–H groups in total. The molecule has 102 valence electrons. The van der Waals surface area contributed by atoms with E-state index in [1.807, 2.05) is 0 Å². The van der Waals surface area contributed by atoms with Gasteiger partial charge in [-0.25, -0.2) is 4.39 Å². The van der Waals surface area contributed by atoms with Crippen molar-refractivity contribution in [3.63, 3.8) is 0 Å². The maximum absolute atomic E-state index is 13.9. The SMILES string of the molecule is CC1Cc2[nH]c3ccccc3c2CN1CC(C)(C)F. The first-order chi connectivity index (χ1) is 8.94. The Kier molecular flexibility index (Phi) is 2.90. The Labute approximate surface area is 113 Å². The molecule has 0 bridgehead atoms. The van der Waals surface area contributed by atoms with Gasteiger partial charge >= 0.3 is 0 Å². The highest BCUT2D eigenvalue weighted by atomic mass is 19.1. The molecule has 1 unspecified atom stereocenters. The summed E-state index contributed by atoms with van der Waals surface area (Å²) in [6.45, 7) is 6.83. The molecular formula is C16H21FN2. The summed E-state index contributed by atoms with van der Waals surface area (Å²) < 4.78 is 13.9. The summed E-state index contributed by atoms with van der Waals surface area (Å²) in [6.07, 6.45) is 0.972. The minimum Gasteiger partial charge on any atom is -0.358 e. The monoisotopic (exact) mass is 260 g/mol. The molecule has 1 aliphatic rings. The number of nitrogens with zero attached hydrogens (tertiary/aromatic N) is 1. The number of alkyl halides is 1. The second kappa shape index (κ2) is 4.34. The molecule has 1 atom stereocenters. The highest BCUT2D eigenvalue weighted by Gasteiger charge is 2.30. The van der Waals surface area contributed by atoms with Crippen molar-refractivity contribution in [2.75, 3.05) is 6.54 Å². The first-order valence-electron chi connectivity index (χ1n) is 6.95. The van der Waals surface area contributed by atoms with Crippen LogP contribution in [0.1, 0.15) is 32.0 Å². The molecule has 3 heteroatoms. The zero-order chi connectivity index (χ0) is 13.6. The molecule has 2 nitrogen and oxygen atoms in total. The van der Waals surface area contributed by atoms with Crippen molar-refractivity contribution in [2.45, 2.75) is 45.4 Å². The zero-order valence-electron chi connectivity index (χ0n) is 11.8. The predicted octanol–water partition coefficient (Wildman–Crippen LogP) is 3.66. The first kappa shape index (κ1) is 12.7. The summed E-state index contributed by atoms with van der Waals surface area (Å²) in [5.74, 6) is 0. The Morgan fingerprint density at radius 3 is 2.84 bits per heavy atom. The Morgan fingerprint density at radius 2 is 2.11 bits per heavy atom. The van der Waals surface area contributed by atoms with E-state index in [4.69, 9.17) is 0 Å². The molecule has 1 aromatic carbocycles. The van der Waals surface area contributed by atoms with E-state index >= 15 is 0 Å². The molecule has 0 spiro atoms. The van der Waals surface area contributed by atoms with E-state index in [1.165, 1.54) is 22.2 Å². The summed E-state index contributed by atoms with van der Waals surface area (Å²) >= 11 is 0. The number of aromatic nitrogens is 1. The van der Waals surface area contributed by atoms with Crippen molar-refractivity contribution >= 4 is 10.9 Å². The standard InChI is InChI=1S/C16H21FN2/c1-11-8-15-13(9-19(11)10-16(2,3)17)12-6-4-5-7-14(12)18-15/h4-7,11,18H,8-10H2,1-3H3. The lowest BCUT2D eigenvalue weighted by atomic mass is 9.97. The van der Waals surface area contributed by atoms with Crippen LogP contribution in [0.3, 0.4) is 0 Å². The molecule has 0 aliphatic carbocycles. The van der Waals surface area contributed by atoms with E-state index in [0.29, 0.717) is 12.6 Å². The molecule has 0 saturated carbocycles. The number of nitrogens with one attached hydrogen (secondary N) is 1. The predicted molar refractivity (Wildman–Crippen MR) is 77.1 cm³/mol. The molecule has 19 heavy (non-hydrogen) atoms. The number of aromatic amines is 1. The van der Waals surface area contributed by atoms with Crippen molar-refractivity contribution in [3.8, 4) is 0 Å². The third-order valence-corrected chi connectivity index (χ3v) is 3.97.